The molecule has 1 saturated heterocycles. The van der Waals surface area contributed by atoms with E-state index in [0.717, 1.165) is 13.1 Å². The molecular formula is C16H28N2S. The Balaban J connectivity index is 2.27. The molecule has 2 nitrogen and oxygen atoms in total. The molecule has 1 fully saturated rings. The van der Waals surface area contributed by atoms with Gasteiger partial charge in [-0.1, -0.05) is 26.8 Å². The molecule has 0 amide bonds. The number of nitrogens with one attached hydrogen (secondary N) is 1. The Kier molecular flexibility index (Phi) is 4.70. The van der Waals surface area contributed by atoms with Gasteiger partial charge >= 0.3 is 0 Å². The zero-order valence-electron chi connectivity index (χ0n) is 12.9. The molecule has 0 aromatic carbocycles. The van der Waals surface area contributed by atoms with Gasteiger partial charge in [0, 0.05) is 35.6 Å². The quantitative estimate of drug-likeness (QED) is 0.899. The monoisotopic (exact) mass is 280 g/mol. The first-order chi connectivity index (χ1) is 8.94. The minimum absolute atomic E-state index is 0.218. The van der Waals surface area contributed by atoms with Crippen LogP contribution in [0, 0.1) is 5.92 Å². The highest BCUT2D eigenvalue weighted by atomic mass is 32.1. The van der Waals surface area contributed by atoms with Gasteiger partial charge in [0.05, 0.1) is 0 Å². The van der Waals surface area contributed by atoms with Crippen LogP contribution in [0.2, 0.25) is 0 Å². The van der Waals surface area contributed by atoms with Crippen LogP contribution in [0.15, 0.2) is 17.5 Å². The lowest BCUT2D eigenvalue weighted by Crippen LogP contribution is -2.62. The molecule has 108 valence electrons. The highest BCUT2D eigenvalue weighted by Gasteiger charge is 2.37. The summed E-state index contributed by atoms with van der Waals surface area (Å²) in [5.74, 6) is 0.654. The van der Waals surface area contributed by atoms with Gasteiger partial charge < -0.3 is 5.32 Å². The van der Waals surface area contributed by atoms with Crippen molar-refractivity contribution in [3.63, 3.8) is 0 Å². The molecule has 0 aliphatic carbocycles. The van der Waals surface area contributed by atoms with Gasteiger partial charge in [-0.05, 0) is 37.6 Å². The van der Waals surface area contributed by atoms with Crippen LogP contribution in [-0.2, 0) is 0 Å². The molecule has 0 spiro atoms. The van der Waals surface area contributed by atoms with Crippen molar-refractivity contribution in [2.75, 3.05) is 13.1 Å². The molecule has 2 atom stereocenters. The fraction of sp³-hybridized carbons (Fsp3) is 0.750. The maximum atomic E-state index is 3.69. The summed E-state index contributed by atoms with van der Waals surface area (Å²) in [5, 5.41) is 5.90. The van der Waals surface area contributed by atoms with Crippen molar-refractivity contribution in [1.82, 2.24) is 10.2 Å². The third-order valence-corrected chi connectivity index (χ3v) is 5.10. The van der Waals surface area contributed by atoms with Crippen molar-refractivity contribution >= 4 is 11.3 Å². The molecular weight excluding hydrogens is 252 g/mol. The Morgan fingerprint density at radius 3 is 2.74 bits per heavy atom. The maximum Gasteiger partial charge on any atom is 0.0468 e. The van der Waals surface area contributed by atoms with Gasteiger partial charge in [-0.15, -0.1) is 11.3 Å². The number of rotatable bonds is 4. The lowest BCUT2D eigenvalue weighted by Gasteiger charge is -2.49. The van der Waals surface area contributed by atoms with Crippen molar-refractivity contribution in [3.05, 3.63) is 22.4 Å². The first-order valence-electron chi connectivity index (χ1n) is 7.49. The van der Waals surface area contributed by atoms with Crippen molar-refractivity contribution < 1.29 is 0 Å². The maximum absolute atomic E-state index is 3.69. The van der Waals surface area contributed by atoms with Crippen molar-refractivity contribution in [1.29, 1.82) is 0 Å². The second-order valence-electron chi connectivity index (χ2n) is 6.70. The Morgan fingerprint density at radius 1 is 1.47 bits per heavy atom. The topological polar surface area (TPSA) is 15.3 Å². The lowest BCUT2D eigenvalue weighted by atomic mass is 9.91. The second kappa shape index (κ2) is 5.94. The Labute approximate surface area is 122 Å². The number of piperazine rings is 1. The van der Waals surface area contributed by atoms with Crippen LogP contribution in [-0.4, -0.2) is 29.6 Å². The van der Waals surface area contributed by atoms with Crippen LogP contribution in [0.5, 0.6) is 0 Å². The van der Waals surface area contributed by atoms with E-state index < -0.39 is 0 Å². The molecule has 1 aliphatic heterocycles. The summed E-state index contributed by atoms with van der Waals surface area (Å²) in [6, 6.07) is 5.70. The fourth-order valence-electron chi connectivity index (χ4n) is 3.19. The van der Waals surface area contributed by atoms with Crippen LogP contribution in [0.4, 0.5) is 0 Å². The smallest absolute Gasteiger partial charge is 0.0468 e. The molecule has 1 aliphatic rings. The van der Waals surface area contributed by atoms with E-state index in [4.69, 9.17) is 0 Å². The van der Waals surface area contributed by atoms with Crippen molar-refractivity contribution in [2.24, 2.45) is 5.92 Å². The van der Waals surface area contributed by atoms with Gasteiger partial charge in [-0.3, -0.25) is 4.90 Å². The summed E-state index contributed by atoms with van der Waals surface area (Å²) in [7, 11) is 0. The highest BCUT2D eigenvalue weighted by Crippen LogP contribution is 2.36. The zero-order valence-corrected chi connectivity index (χ0v) is 13.8. The van der Waals surface area contributed by atoms with E-state index in [2.05, 4.69) is 62.3 Å². The predicted octanol–water partition coefficient (Wildman–Crippen LogP) is 3.91. The standard InChI is InChI=1S/C16H28N2S/c1-6-13-10-17-16(4,5)11-18(13)15(12(2)3)14-8-7-9-19-14/h7-9,12-13,15,17H,6,10-11H2,1-5H3. The number of hydrogen-bond acceptors (Lipinski definition) is 3. The van der Waals surface area contributed by atoms with Gasteiger partial charge in [-0.25, -0.2) is 0 Å². The highest BCUT2D eigenvalue weighted by molar-refractivity contribution is 7.10. The molecule has 2 unspecified atom stereocenters. The fourth-order valence-corrected chi connectivity index (χ4v) is 4.21. The summed E-state index contributed by atoms with van der Waals surface area (Å²) < 4.78 is 0. The van der Waals surface area contributed by atoms with E-state index in [1.807, 2.05) is 11.3 Å². The van der Waals surface area contributed by atoms with E-state index in [1.165, 1.54) is 11.3 Å². The largest absolute Gasteiger partial charge is 0.309 e. The van der Waals surface area contributed by atoms with Crippen LogP contribution < -0.4 is 5.32 Å². The molecule has 0 bridgehead atoms. The number of hydrogen-bond donors (Lipinski definition) is 1. The van der Waals surface area contributed by atoms with Crippen molar-refractivity contribution in [3.8, 4) is 0 Å². The van der Waals surface area contributed by atoms with E-state index in [9.17, 15) is 0 Å². The molecule has 0 saturated carbocycles. The predicted molar refractivity (Wildman–Crippen MR) is 84.8 cm³/mol. The molecule has 1 aromatic heterocycles. The molecule has 2 heterocycles. The minimum atomic E-state index is 0.218. The lowest BCUT2D eigenvalue weighted by molar-refractivity contribution is 0.0336. The third-order valence-electron chi connectivity index (χ3n) is 4.16. The SMILES string of the molecule is CCC1CNC(C)(C)CN1C(c1cccs1)C(C)C. The molecule has 19 heavy (non-hydrogen) atoms. The molecule has 2 rings (SSSR count). The average molecular weight is 280 g/mol. The third kappa shape index (κ3) is 3.39. The normalized spacial score (nSPS) is 25.7. The van der Waals surface area contributed by atoms with E-state index >= 15 is 0 Å². The van der Waals surface area contributed by atoms with Gasteiger partial charge in [0.15, 0.2) is 0 Å². The molecule has 1 aromatic rings. The summed E-state index contributed by atoms with van der Waals surface area (Å²) in [5.41, 5.74) is 0.218. The first-order valence-corrected chi connectivity index (χ1v) is 8.36. The summed E-state index contributed by atoms with van der Waals surface area (Å²) in [4.78, 5) is 4.26. The summed E-state index contributed by atoms with van der Waals surface area (Å²) >= 11 is 1.90. The van der Waals surface area contributed by atoms with E-state index in [0.29, 0.717) is 18.0 Å². The second-order valence-corrected chi connectivity index (χ2v) is 7.68. The average Bonchev–Trinajstić information content (AvgIpc) is 2.81. The Morgan fingerprint density at radius 2 is 2.21 bits per heavy atom. The van der Waals surface area contributed by atoms with Crippen LogP contribution in [0.1, 0.15) is 52.0 Å². The van der Waals surface area contributed by atoms with Gasteiger partial charge in [0.2, 0.25) is 0 Å². The van der Waals surface area contributed by atoms with Crippen molar-refractivity contribution in [2.45, 2.75) is 58.7 Å². The Hall–Kier alpha value is -0.380. The number of nitrogens with zero attached hydrogens (tertiary/aromatic N) is 1. The molecule has 3 heteroatoms. The van der Waals surface area contributed by atoms with Gasteiger partial charge in [0.25, 0.3) is 0 Å². The number of thiophene rings is 1. The van der Waals surface area contributed by atoms with Gasteiger partial charge in [-0.2, -0.15) is 0 Å². The molecule has 1 N–H and O–H groups in total. The Bertz CT molecular complexity index is 383. The first kappa shape index (κ1) is 15.0. The van der Waals surface area contributed by atoms with Gasteiger partial charge in [0.1, 0.15) is 0 Å². The minimum Gasteiger partial charge on any atom is -0.309 e. The summed E-state index contributed by atoms with van der Waals surface area (Å²) in [6.45, 7) is 13.9. The van der Waals surface area contributed by atoms with Crippen LogP contribution in [0.25, 0.3) is 0 Å². The van der Waals surface area contributed by atoms with Crippen LogP contribution in [0.3, 0.4) is 0 Å². The van der Waals surface area contributed by atoms with E-state index in [-0.39, 0.29) is 5.54 Å². The summed E-state index contributed by atoms with van der Waals surface area (Å²) in [6.07, 6.45) is 1.22. The molecule has 0 radical (unpaired) electrons. The van der Waals surface area contributed by atoms with E-state index in [1.54, 1.807) is 0 Å². The zero-order chi connectivity index (χ0) is 14.0. The van der Waals surface area contributed by atoms with Crippen LogP contribution >= 0.6 is 11.3 Å².